The molecule has 80 valence electrons. The van der Waals surface area contributed by atoms with Gasteiger partial charge in [0.1, 0.15) is 0 Å². The van der Waals surface area contributed by atoms with Crippen LogP contribution in [0.4, 0.5) is 5.69 Å². The van der Waals surface area contributed by atoms with E-state index < -0.39 is 0 Å². The second kappa shape index (κ2) is 4.59. The molecule has 1 amide bonds. The fourth-order valence-corrected chi connectivity index (χ4v) is 2.75. The van der Waals surface area contributed by atoms with Crippen LogP contribution < -0.4 is 4.90 Å². The van der Waals surface area contributed by atoms with E-state index in [1.54, 1.807) is 4.90 Å². The summed E-state index contributed by atoms with van der Waals surface area (Å²) in [5.41, 5.74) is 0.927. The Morgan fingerprint density at radius 3 is 2.80 bits per heavy atom. The number of alkyl halides is 1. The highest BCUT2D eigenvalue weighted by Crippen LogP contribution is 2.29. The molecule has 1 aliphatic rings. The van der Waals surface area contributed by atoms with Crippen molar-refractivity contribution in [3.63, 3.8) is 0 Å². The van der Waals surface area contributed by atoms with Crippen molar-refractivity contribution in [1.29, 1.82) is 0 Å². The van der Waals surface area contributed by atoms with Crippen LogP contribution in [0.5, 0.6) is 0 Å². The molecule has 0 aromatic heterocycles. The Morgan fingerprint density at radius 2 is 2.27 bits per heavy atom. The summed E-state index contributed by atoms with van der Waals surface area (Å²) >= 11 is 11.6. The van der Waals surface area contributed by atoms with Crippen LogP contribution in [0.2, 0.25) is 5.02 Å². The monoisotopic (exact) mass is 399 g/mol. The number of anilines is 1. The first-order chi connectivity index (χ1) is 7.08. The van der Waals surface area contributed by atoms with Gasteiger partial charge in [0.2, 0.25) is 5.91 Å². The molecule has 1 aliphatic heterocycles. The van der Waals surface area contributed by atoms with Gasteiger partial charge < -0.3 is 4.90 Å². The predicted octanol–water partition coefficient (Wildman–Crippen LogP) is 3.44. The highest BCUT2D eigenvalue weighted by atomic mass is 127. The summed E-state index contributed by atoms with van der Waals surface area (Å²) in [4.78, 5) is 13.7. The Balaban J connectivity index is 2.30. The number of halogens is 3. The lowest BCUT2D eigenvalue weighted by Gasteiger charge is -2.16. The van der Waals surface area contributed by atoms with E-state index in [0.29, 0.717) is 6.42 Å². The van der Waals surface area contributed by atoms with Gasteiger partial charge in [0, 0.05) is 27.1 Å². The first kappa shape index (κ1) is 11.7. The van der Waals surface area contributed by atoms with E-state index in [1.165, 1.54) is 0 Å². The normalized spacial score (nSPS) is 21.1. The molecule has 0 aliphatic carbocycles. The van der Waals surface area contributed by atoms with Crippen LogP contribution >= 0.6 is 50.1 Å². The average molecular weight is 400 g/mol. The van der Waals surface area contributed by atoms with Crippen molar-refractivity contribution in [3.05, 3.63) is 26.8 Å². The lowest BCUT2D eigenvalue weighted by molar-refractivity contribution is -0.117. The van der Waals surface area contributed by atoms with Gasteiger partial charge in [0.05, 0.1) is 5.02 Å². The minimum absolute atomic E-state index is 0.162. The van der Waals surface area contributed by atoms with Crippen LogP contribution in [0, 0.1) is 3.57 Å². The maximum atomic E-state index is 11.6. The van der Waals surface area contributed by atoms with Crippen molar-refractivity contribution in [2.75, 3.05) is 11.4 Å². The van der Waals surface area contributed by atoms with Gasteiger partial charge in [-0.05, 0) is 40.8 Å². The van der Waals surface area contributed by atoms with Crippen molar-refractivity contribution in [2.24, 2.45) is 0 Å². The highest BCUT2D eigenvalue weighted by Gasteiger charge is 2.28. The molecule has 2 rings (SSSR count). The van der Waals surface area contributed by atoms with E-state index in [4.69, 9.17) is 11.6 Å². The third-order valence-corrected chi connectivity index (χ3v) is 4.45. The first-order valence-electron chi connectivity index (χ1n) is 4.47. The fraction of sp³-hybridized carbons (Fsp3) is 0.300. The topological polar surface area (TPSA) is 20.3 Å². The fourth-order valence-electron chi connectivity index (χ4n) is 1.57. The van der Waals surface area contributed by atoms with Crippen molar-refractivity contribution >= 4 is 61.7 Å². The van der Waals surface area contributed by atoms with E-state index in [2.05, 4.69) is 38.5 Å². The second-order valence-corrected chi connectivity index (χ2v) is 6.27. The van der Waals surface area contributed by atoms with Crippen LogP contribution in [0.3, 0.4) is 0 Å². The Bertz CT molecular complexity index is 412. The highest BCUT2D eigenvalue weighted by molar-refractivity contribution is 14.1. The molecule has 1 atom stereocenters. The molecule has 1 aromatic rings. The summed E-state index contributed by atoms with van der Waals surface area (Å²) in [7, 11) is 0. The molecule has 1 aromatic carbocycles. The van der Waals surface area contributed by atoms with Gasteiger partial charge >= 0.3 is 0 Å². The number of carbonyl (C=O) groups excluding carboxylic acids is 1. The van der Waals surface area contributed by atoms with Crippen LogP contribution in [-0.2, 0) is 4.79 Å². The summed E-state index contributed by atoms with van der Waals surface area (Å²) in [5, 5.41) is 0.724. The molecular weight excluding hydrogens is 392 g/mol. The predicted molar refractivity (Wildman–Crippen MR) is 73.9 cm³/mol. The lowest BCUT2D eigenvalue weighted by Crippen LogP contribution is -2.24. The minimum atomic E-state index is 0.162. The number of benzene rings is 1. The Kier molecular flexibility index (Phi) is 3.57. The summed E-state index contributed by atoms with van der Waals surface area (Å²) in [6.07, 6.45) is 0.569. The molecule has 0 spiro atoms. The van der Waals surface area contributed by atoms with Gasteiger partial charge in [-0.1, -0.05) is 27.5 Å². The van der Waals surface area contributed by atoms with Gasteiger partial charge in [-0.2, -0.15) is 0 Å². The zero-order valence-corrected chi connectivity index (χ0v) is 12.2. The van der Waals surface area contributed by atoms with E-state index in [0.717, 1.165) is 20.8 Å². The molecule has 0 radical (unpaired) electrons. The van der Waals surface area contributed by atoms with Crippen molar-refractivity contribution < 1.29 is 4.79 Å². The van der Waals surface area contributed by atoms with Gasteiger partial charge in [0.15, 0.2) is 0 Å². The summed E-state index contributed by atoms with van der Waals surface area (Å²) in [6, 6.07) is 5.65. The van der Waals surface area contributed by atoms with Crippen LogP contribution in [-0.4, -0.2) is 17.3 Å². The summed E-state index contributed by atoms with van der Waals surface area (Å²) in [6.45, 7) is 0.733. The van der Waals surface area contributed by atoms with Gasteiger partial charge in [-0.3, -0.25) is 4.79 Å². The molecule has 0 N–H and O–H groups in total. The van der Waals surface area contributed by atoms with Crippen molar-refractivity contribution in [1.82, 2.24) is 0 Å². The largest absolute Gasteiger partial charge is 0.311 e. The van der Waals surface area contributed by atoms with E-state index >= 15 is 0 Å². The third kappa shape index (κ3) is 2.47. The zero-order chi connectivity index (χ0) is 11.0. The smallest absolute Gasteiger partial charge is 0.228 e. The molecule has 1 unspecified atom stereocenters. The van der Waals surface area contributed by atoms with Gasteiger partial charge in [-0.15, -0.1) is 0 Å². The van der Waals surface area contributed by atoms with Crippen LogP contribution in [0.1, 0.15) is 6.42 Å². The van der Waals surface area contributed by atoms with Gasteiger partial charge in [0.25, 0.3) is 0 Å². The third-order valence-electron chi connectivity index (χ3n) is 2.29. The number of hydrogen-bond acceptors (Lipinski definition) is 1. The summed E-state index contributed by atoms with van der Waals surface area (Å²) < 4.78 is 0.970. The molecule has 0 bridgehead atoms. The molecule has 1 fully saturated rings. The Labute approximate surface area is 115 Å². The SMILES string of the molecule is O=C1CC(Br)CN1c1ccc(Cl)c(I)c1. The number of rotatable bonds is 1. The molecule has 1 heterocycles. The van der Waals surface area contributed by atoms with Crippen molar-refractivity contribution in [2.45, 2.75) is 11.2 Å². The molecular formula is C10H8BrClINO. The van der Waals surface area contributed by atoms with Crippen LogP contribution in [0.15, 0.2) is 18.2 Å². The number of carbonyl (C=O) groups is 1. The molecule has 2 nitrogen and oxygen atoms in total. The maximum Gasteiger partial charge on any atom is 0.228 e. The summed E-state index contributed by atoms with van der Waals surface area (Å²) in [5.74, 6) is 0.162. The Morgan fingerprint density at radius 1 is 1.53 bits per heavy atom. The van der Waals surface area contributed by atoms with Crippen molar-refractivity contribution in [3.8, 4) is 0 Å². The molecule has 5 heteroatoms. The number of amides is 1. The van der Waals surface area contributed by atoms with E-state index in [1.807, 2.05) is 18.2 Å². The second-order valence-electron chi connectivity index (χ2n) is 3.40. The van der Waals surface area contributed by atoms with Gasteiger partial charge in [-0.25, -0.2) is 0 Å². The quantitative estimate of drug-likeness (QED) is 0.522. The number of nitrogens with zero attached hydrogens (tertiary/aromatic N) is 1. The van der Waals surface area contributed by atoms with Crippen LogP contribution in [0.25, 0.3) is 0 Å². The molecule has 15 heavy (non-hydrogen) atoms. The molecule has 0 saturated carbocycles. The standard InChI is InChI=1S/C10H8BrClINO/c11-6-3-10(15)14(5-6)7-1-2-8(12)9(13)4-7/h1-2,4,6H,3,5H2. The Hall–Kier alpha value is 0.190. The number of hydrogen-bond donors (Lipinski definition) is 0. The minimum Gasteiger partial charge on any atom is -0.311 e. The molecule has 1 saturated heterocycles. The lowest BCUT2D eigenvalue weighted by atomic mass is 10.3. The van der Waals surface area contributed by atoms with E-state index in [-0.39, 0.29) is 10.7 Å². The maximum absolute atomic E-state index is 11.6. The average Bonchev–Trinajstić information content (AvgIpc) is 2.50. The first-order valence-corrected chi connectivity index (χ1v) is 6.84. The van der Waals surface area contributed by atoms with E-state index in [9.17, 15) is 4.79 Å². The zero-order valence-electron chi connectivity index (χ0n) is 7.71.